The van der Waals surface area contributed by atoms with Gasteiger partial charge in [0.2, 0.25) is 0 Å². The lowest BCUT2D eigenvalue weighted by molar-refractivity contribution is 0.478. The molecule has 0 bridgehead atoms. The van der Waals surface area contributed by atoms with E-state index in [2.05, 4.69) is 34.2 Å². The highest BCUT2D eigenvalue weighted by Gasteiger charge is 2.25. The summed E-state index contributed by atoms with van der Waals surface area (Å²) in [7, 11) is 3.97. The van der Waals surface area contributed by atoms with Gasteiger partial charge in [-0.3, -0.25) is 9.97 Å². The first-order valence-corrected chi connectivity index (χ1v) is 14.0. The van der Waals surface area contributed by atoms with Gasteiger partial charge in [0, 0.05) is 61.1 Å². The van der Waals surface area contributed by atoms with Crippen molar-refractivity contribution in [2.24, 2.45) is 14.1 Å². The Morgan fingerprint density at radius 1 is 0.465 bits per heavy atom. The second-order valence-corrected chi connectivity index (χ2v) is 10.3. The summed E-state index contributed by atoms with van der Waals surface area (Å²) in [5.74, 6) is 1.42. The first-order valence-electron chi connectivity index (χ1n) is 14.0. The van der Waals surface area contributed by atoms with Crippen molar-refractivity contribution in [3.63, 3.8) is 0 Å². The van der Waals surface area contributed by atoms with Gasteiger partial charge in [0.15, 0.2) is 0 Å². The van der Waals surface area contributed by atoms with E-state index < -0.39 is 0 Å². The van der Waals surface area contributed by atoms with Gasteiger partial charge in [-0.1, -0.05) is 66.7 Å². The third kappa shape index (κ3) is 4.57. The standard InChI is InChI=1S/C36H28N6O/c1-41-32(26-10-5-3-6-11-26)30(24-16-20-37-21-17-24)39-35(41)28-14-9-15-29(34(28)43)36-40-31(25-18-22-38-23-19-25)33(42(36)2)27-12-7-4-8-13-27/h3-23,43H,1-2H3. The molecule has 0 spiro atoms. The molecule has 0 aliphatic carbocycles. The van der Waals surface area contributed by atoms with E-state index in [1.165, 1.54) is 0 Å². The highest BCUT2D eigenvalue weighted by Crippen LogP contribution is 2.43. The van der Waals surface area contributed by atoms with Crippen molar-refractivity contribution in [2.75, 3.05) is 0 Å². The lowest BCUT2D eigenvalue weighted by Gasteiger charge is -2.12. The fourth-order valence-electron chi connectivity index (χ4n) is 5.66. The van der Waals surface area contributed by atoms with Crippen LogP contribution in [0.4, 0.5) is 0 Å². The summed E-state index contributed by atoms with van der Waals surface area (Å²) in [5.41, 5.74) is 8.74. The summed E-state index contributed by atoms with van der Waals surface area (Å²) in [5, 5.41) is 11.9. The van der Waals surface area contributed by atoms with Gasteiger partial charge in [-0.15, -0.1) is 0 Å². The van der Waals surface area contributed by atoms with Gasteiger partial charge in [0.1, 0.15) is 17.4 Å². The Balaban J connectivity index is 1.43. The zero-order valence-corrected chi connectivity index (χ0v) is 23.8. The molecule has 7 rings (SSSR count). The van der Waals surface area contributed by atoms with Crippen molar-refractivity contribution in [3.8, 4) is 73.6 Å². The summed E-state index contributed by atoms with van der Waals surface area (Å²) in [6.07, 6.45) is 7.06. The van der Waals surface area contributed by atoms with Crippen LogP contribution in [0.15, 0.2) is 128 Å². The number of pyridine rings is 2. The summed E-state index contributed by atoms with van der Waals surface area (Å²) in [6, 6.07) is 33.9. The number of benzene rings is 3. The molecule has 7 heteroatoms. The second-order valence-electron chi connectivity index (χ2n) is 10.3. The normalized spacial score (nSPS) is 11.1. The fourth-order valence-corrected chi connectivity index (χ4v) is 5.66. The first-order chi connectivity index (χ1) is 21.1. The topological polar surface area (TPSA) is 81.7 Å². The summed E-state index contributed by atoms with van der Waals surface area (Å²) < 4.78 is 4.08. The molecule has 0 aliphatic heterocycles. The quantitative estimate of drug-likeness (QED) is 0.226. The number of aromatic hydroxyl groups is 1. The molecule has 0 radical (unpaired) electrons. The van der Waals surface area contributed by atoms with E-state index in [4.69, 9.17) is 9.97 Å². The zero-order chi connectivity index (χ0) is 29.3. The number of phenolic OH excluding ortho intramolecular Hbond substituents is 1. The van der Waals surface area contributed by atoms with Crippen LogP contribution in [0, 0.1) is 0 Å². The van der Waals surface area contributed by atoms with Gasteiger partial charge in [0.25, 0.3) is 0 Å². The van der Waals surface area contributed by atoms with Gasteiger partial charge in [0.05, 0.1) is 33.9 Å². The number of hydrogen-bond acceptors (Lipinski definition) is 5. The van der Waals surface area contributed by atoms with Crippen LogP contribution in [-0.2, 0) is 14.1 Å². The number of para-hydroxylation sites is 1. The molecular weight excluding hydrogens is 532 g/mol. The maximum atomic E-state index is 11.9. The van der Waals surface area contributed by atoms with E-state index in [0.29, 0.717) is 22.8 Å². The fraction of sp³-hybridized carbons (Fsp3) is 0.0556. The lowest BCUT2D eigenvalue weighted by Crippen LogP contribution is -1.98. The highest BCUT2D eigenvalue weighted by atomic mass is 16.3. The molecule has 4 aromatic heterocycles. The maximum absolute atomic E-state index is 11.9. The second kappa shape index (κ2) is 10.9. The highest BCUT2D eigenvalue weighted by molar-refractivity contribution is 5.87. The van der Waals surface area contributed by atoms with Crippen LogP contribution in [0.25, 0.3) is 67.8 Å². The summed E-state index contributed by atoms with van der Waals surface area (Å²) >= 11 is 0. The SMILES string of the molecule is Cn1c(-c2cccc(-c3nc(-c4ccncc4)c(-c4ccccc4)n3C)c2O)nc(-c2ccncc2)c1-c1ccccc1. The molecule has 0 saturated carbocycles. The van der Waals surface area contributed by atoms with E-state index in [1.54, 1.807) is 24.8 Å². The first kappa shape index (κ1) is 26.1. The molecule has 7 aromatic rings. The molecule has 7 nitrogen and oxygen atoms in total. The average Bonchev–Trinajstić information content (AvgIpc) is 3.59. The zero-order valence-electron chi connectivity index (χ0n) is 23.8. The van der Waals surface area contributed by atoms with Crippen LogP contribution in [0.5, 0.6) is 5.75 Å². The molecule has 0 atom stereocenters. The molecular formula is C36H28N6O. The van der Waals surface area contributed by atoms with E-state index in [0.717, 1.165) is 45.0 Å². The number of hydrogen-bond donors (Lipinski definition) is 1. The van der Waals surface area contributed by atoms with Gasteiger partial charge >= 0.3 is 0 Å². The molecule has 0 saturated heterocycles. The molecule has 208 valence electrons. The number of aromatic nitrogens is 6. The number of nitrogens with zero attached hydrogens (tertiary/aromatic N) is 6. The van der Waals surface area contributed by atoms with Crippen molar-refractivity contribution in [2.45, 2.75) is 0 Å². The van der Waals surface area contributed by atoms with Crippen LogP contribution in [0.3, 0.4) is 0 Å². The Hall–Kier alpha value is -5.82. The molecule has 43 heavy (non-hydrogen) atoms. The molecule has 4 heterocycles. The molecule has 1 N–H and O–H groups in total. The smallest absolute Gasteiger partial charge is 0.144 e. The molecule has 0 amide bonds. The molecule has 3 aromatic carbocycles. The minimum atomic E-state index is 0.116. The van der Waals surface area contributed by atoms with Crippen LogP contribution in [0.1, 0.15) is 0 Å². The predicted octanol–water partition coefficient (Wildman–Crippen LogP) is 7.65. The molecule has 0 aliphatic rings. The lowest BCUT2D eigenvalue weighted by atomic mass is 10.1. The maximum Gasteiger partial charge on any atom is 0.144 e. The third-order valence-corrected chi connectivity index (χ3v) is 7.71. The largest absolute Gasteiger partial charge is 0.506 e. The Kier molecular flexibility index (Phi) is 6.60. The minimum Gasteiger partial charge on any atom is -0.506 e. The van der Waals surface area contributed by atoms with Crippen LogP contribution in [-0.4, -0.2) is 34.2 Å². The van der Waals surface area contributed by atoms with E-state index in [-0.39, 0.29) is 5.75 Å². The van der Waals surface area contributed by atoms with Crippen LogP contribution < -0.4 is 0 Å². The van der Waals surface area contributed by atoms with Crippen molar-refractivity contribution in [1.29, 1.82) is 0 Å². The van der Waals surface area contributed by atoms with Gasteiger partial charge < -0.3 is 14.2 Å². The molecule has 0 fully saturated rings. The van der Waals surface area contributed by atoms with Crippen LogP contribution >= 0.6 is 0 Å². The number of imidazole rings is 2. The molecule has 0 unspecified atom stereocenters. The Bertz CT molecular complexity index is 1890. The van der Waals surface area contributed by atoms with Gasteiger partial charge in [-0.25, -0.2) is 9.97 Å². The van der Waals surface area contributed by atoms with E-state index in [9.17, 15) is 5.11 Å². The summed E-state index contributed by atoms with van der Waals surface area (Å²) in [4.78, 5) is 18.6. The van der Waals surface area contributed by atoms with Crippen molar-refractivity contribution in [3.05, 3.63) is 128 Å². The number of rotatable bonds is 6. The monoisotopic (exact) mass is 560 g/mol. The van der Waals surface area contributed by atoms with E-state index >= 15 is 0 Å². The predicted molar refractivity (Wildman–Crippen MR) is 170 cm³/mol. The van der Waals surface area contributed by atoms with Crippen molar-refractivity contribution >= 4 is 0 Å². The Labute approximate surface area is 249 Å². The van der Waals surface area contributed by atoms with Gasteiger partial charge in [-0.05, 0) is 36.4 Å². The summed E-state index contributed by atoms with van der Waals surface area (Å²) in [6.45, 7) is 0. The van der Waals surface area contributed by atoms with Gasteiger partial charge in [-0.2, -0.15) is 0 Å². The minimum absolute atomic E-state index is 0.116. The van der Waals surface area contributed by atoms with Crippen molar-refractivity contribution < 1.29 is 5.11 Å². The average molecular weight is 561 g/mol. The Morgan fingerprint density at radius 2 is 0.860 bits per heavy atom. The van der Waals surface area contributed by atoms with E-state index in [1.807, 2.05) is 102 Å². The Morgan fingerprint density at radius 3 is 1.26 bits per heavy atom. The van der Waals surface area contributed by atoms with Crippen LogP contribution in [0.2, 0.25) is 0 Å². The number of phenols is 1. The van der Waals surface area contributed by atoms with Crippen molar-refractivity contribution in [1.82, 2.24) is 29.1 Å². The third-order valence-electron chi connectivity index (χ3n) is 7.71.